The first-order valence-electron chi connectivity index (χ1n) is 43.7. The van der Waals surface area contributed by atoms with E-state index in [2.05, 4.69) is 74.7 Å². The van der Waals surface area contributed by atoms with Crippen LogP contribution >= 0.6 is 11.8 Å². The van der Waals surface area contributed by atoms with E-state index in [4.69, 9.17) is 78.0 Å². The van der Waals surface area contributed by atoms with Crippen LogP contribution in [0, 0.1) is 0 Å². The number of unbranched alkanes of at least 4 members (excludes halogenated alkanes) is 1. The standard InChI is InChI=1S/C21H20O3.C20H19NO.C12H17NO3.C11H15NO3.C11H16O3.C10H16N2O3S.C10H12O3.C9H10O3/c22-20-13-11-19(12-14-20)21(23-15-17-7-3-1-4-8-17)24-16-18-9-5-2-6-10-18;22-20-13-11-19(12-14-20)21(15-17-7-3-1-4-8-17)16-18-9-5-2-6-10-18;1-12(2,3)16-11(15)13-8-9-4-6-10(14)7-5-9;1-11(2,3)15-10(14)12-8-4-6-9(13)7-5-8;1-3-13-11(14-4-2)9-5-7-10(12)8-6-9;13-8(14)4-2-1-3-7-9-6(5-16-7)11-10(15)12-9;11-9-4-2-8(3-5-9)10-12-6-1-7-13-10;10-8-3-1-7(2-4-8)9-11-5-6-12-9/h1-14,21-22H,15-16H2;1-14,22H,15-16H2;4-7,14H,8H2,1-3H3,(H,13,15);4-7,13H,1-3H3,(H,12,14);5-8,11-12H,3-4H2,1-2H3;6-7,9H,1-5H2,(H,13,14)(H2,11,12,15);2-5,10-11H,1,6-7H2;1-4,9-10H,5-6H2/t;;;;;6-,7-,9-;;/m.....0../s1. The Kier molecular flexibility index (Phi) is 44.9. The second-order valence-electron chi connectivity index (χ2n) is 32.3. The van der Waals surface area contributed by atoms with Crippen LogP contribution in [0.4, 0.5) is 25.8 Å². The minimum Gasteiger partial charge on any atom is -0.508 e. The molecule has 11 aromatic carbocycles. The van der Waals surface area contributed by atoms with Crippen molar-refractivity contribution in [2.24, 2.45) is 0 Å². The Morgan fingerprint density at radius 3 is 1.22 bits per heavy atom. The van der Waals surface area contributed by atoms with E-state index in [1.54, 1.807) is 142 Å². The number of carbonyl (C=O) groups excluding carboxylic acids is 3. The summed E-state index contributed by atoms with van der Waals surface area (Å²) in [5, 5.41) is 84.3. The molecule has 4 aliphatic heterocycles. The van der Waals surface area contributed by atoms with Crippen molar-refractivity contribution in [2.45, 2.75) is 174 Å². The Bertz CT molecular complexity index is 4950. The summed E-state index contributed by atoms with van der Waals surface area (Å²) in [7, 11) is 0. The molecule has 0 bridgehead atoms. The maximum atomic E-state index is 11.3. The Hall–Kier alpha value is -12.9. The van der Waals surface area contributed by atoms with Gasteiger partial charge in [-0.3, -0.25) is 10.1 Å². The lowest BCUT2D eigenvalue weighted by Gasteiger charge is -2.25. The summed E-state index contributed by atoms with van der Waals surface area (Å²) >= 11 is 1.87. The van der Waals surface area contributed by atoms with Crippen LogP contribution in [0.15, 0.2) is 291 Å². The summed E-state index contributed by atoms with van der Waals surface area (Å²) in [6.07, 6.45) is 1.56. The van der Waals surface area contributed by atoms with E-state index in [0.717, 1.165) is 102 Å². The highest BCUT2D eigenvalue weighted by molar-refractivity contribution is 8.00. The number of carboxylic acid groups (broad SMARTS) is 1. The predicted molar refractivity (Wildman–Crippen MR) is 509 cm³/mol. The van der Waals surface area contributed by atoms with E-state index in [1.807, 2.05) is 156 Å². The van der Waals surface area contributed by atoms with Gasteiger partial charge in [0, 0.05) is 83.9 Å². The van der Waals surface area contributed by atoms with Crippen molar-refractivity contribution in [3.05, 3.63) is 341 Å². The van der Waals surface area contributed by atoms with Gasteiger partial charge in [0.1, 0.15) is 51.4 Å². The number of nitrogens with zero attached hydrogens (tertiary/aromatic N) is 1. The fourth-order valence-electron chi connectivity index (χ4n) is 12.9. The summed E-state index contributed by atoms with van der Waals surface area (Å²) < 4.78 is 54.2. The van der Waals surface area contributed by atoms with Crippen molar-refractivity contribution < 1.29 is 107 Å². The minimum atomic E-state index is -0.729. The molecule has 11 aromatic rings. The maximum Gasteiger partial charge on any atom is 0.412 e. The van der Waals surface area contributed by atoms with Gasteiger partial charge in [0.25, 0.3) is 0 Å². The van der Waals surface area contributed by atoms with Crippen molar-refractivity contribution in [3.8, 4) is 40.2 Å². The summed E-state index contributed by atoms with van der Waals surface area (Å²) in [5.74, 6) is 1.90. The van der Waals surface area contributed by atoms with Gasteiger partial charge >= 0.3 is 24.2 Å². The average Bonchev–Trinajstić information content (AvgIpc) is 1.66. The first kappa shape index (κ1) is 104. The number of phenols is 7. The zero-order valence-corrected chi connectivity index (χ0v) is 76.7. The zero-order chi connectivity index (χ0) is 94.9. The van der Waals surface area contributed by atoms with Crippen molar-refractivity contribution in [3.63, 3.8) is 0 Å². The third-order valence-electron chi connectivity index (χ3n) is 19.2. The van der Waals surface area contributed by atoms with Crippen LogP contribution in [0.5, 0.6) is 40.2 Å². The van der Waals surface area contributed by atoms with E-state index in [0.29, 0.717) is 62.9 Å². The summed E-state index contributed by atoms with van der Waals surface area (Å²) in [5.41, 5.74) is 10.0. The monoisotopic (exact) mass is 1830 g/mol. The number of hydrogen-bond acceptors (Lipinski definition) is 23. The van der Waals surface area contributed by atoms with E-state index in [1.165, 1.54) is 23.3 Å². The smallest absolute Gasteiger partial charge is 0.412 e. The lowest BCUT2D eigenvalue weighted by Crippen LogP contribution is -2.36. The molecule has 4 aliphatic rings. The number of carbonyl (C=O) groups is 4. The number of amides is 4. The number of phenolic OH excluding ortho intramolecular Hbond substituents is 7. The Morgan fingerprint density at radius 2 is 0.811 bits per heavy atom. The molecule has 12 N–H and O–H groups in total. The molecular weight excluding hydrogens is 1700 g/mol. The van der Waals surface area contributed by atoms with Crippen molar-refractivity contribution in [1.29, 1.82) is 0 Å². The van der Waals surface area contributed by atoms with Crippen molar-refractivity contribution >= 4 is 47.3 Å². The van der Waals surface area contributed by atoms with E-state index in [-0.39, 0.29) is 77.9 Å². The van der Waals surface area contributed by atoms with Gasteiger partial charge in [-0.25, -0.2) is 14.4 Å². The molecule has 0 saturated carbocycles. The van der Waals surface area contributed by atoms with Gasteiger partial charge in [0.05, 0.1) is 51.7 Å². The van der Waals surface area contributed by atoms with E-state index < -0.39 is 35.6 Å². The number of rotatable bonds is 27. The average molecular weight is 1830 g/mol. The number of urea groups is 1. The minimum absolute atomic E-state index is 0.0640. The molecule has 27 nitrogen and oxygen atoms in total. The quantitative estimate of drug-likeness (QED) is 0.00984. The number of aliphatic carboxylic acids is 1. The normalized spacial score (nSPS) is 14.8. The SMILES string of the molecule is CC(C)(C)OC(=O)NCc1ccc(O)cc1.CC(C)(C)OC(=O)Nc1ccc(O)cc1.CCOC(OCC)c1ccc(O)cc1.O=C(O)CCCC[C@@H]1SC[C@@H]2NC(=O)N[C@@H]21.Oc1ccc(C(OCc2ccccc2)OCc2ccccc2)cc1.Oc1ccc(C2OCCCO2)cc1.Oc1ccc(C2OCCO2)cc1.Oc1ccc(N(Cc2ccccc2)Cc2ccccc2)cc1. The molecule has 28 heteroatoms. The largest absolute Gasteiger partial charge is 0.508 e. The molecule has 0 aromatic heterocycles. The number of benzene rings is 11. The van der Waals surface area contributed by atoms with Gasteiger partial charge in [-0.1, -0.05) is 188 Å². The van der Waals surface area contributed by atoms with Crippen LogP contribution in [0.3, 0.4) is 0 Å². The number of aromatic hydroxyl groups is 7. The highest BCUT2D eigenvalue weighted by atomic mass is 32.2. The zero-order valence-electron chi connectivity index (χ0n) is 75.9. The lowest BCUT2D eigenvalue weighted by molar-refractivity contribution is -0.183. The van der Waals surface area contributed by atoms with Gasteiger partial charge in [-0.2, -0.15) is 11.8 Å². The first-order chi connectivity index (χ1) is 63.5. The second kappa shape index (κ2) is 56.7. The summed E-state index contributed by atoms with van der Waals surface area (Å²) in [6.45, 7) is 21.6. The van der Waals surface area contributed by atoms with Gasteiger partial charge in [-0.05, 0) is 212 Å². The molecule has 4 heterocycles. The van der Waals surface area contributed by atoms with Crippen LogP contribution < -0.4 is 26.2 Å². The Morgan fingerprint density at radius 1 is 0.439 bits per heavy atom. The van der Waals surface area contributed by atoms with Crippen LogP contribution in [0.1, 0.15) is 163 Å². The van der Waals surface area contributed by atoms with Gasteiger partial charge < -0.3 is 109 Å². The third kappa shape index (κ3) is 41.5. The highest BCUT2D eigenvalue weighted by Crippen LogP contribution is 2.35. The first-order valence-corrected chi connectivity index (χ1v) is 44.8. The Labute approximate surface area is 777 Å². The number of nitrogens with one attached hydrogen (secondary N) is 4. The molecule has 0 unspecified atom stereocenters. The van der Waals surface area contributed by atoms with Crippen LogP contribution in [0.25, 0.3) is 0 Å². The molecule has 0 aliphatic carbocycles. The van der Waals surface area contributed by atoms with E-state index in [9.17, 15) is 29.4 Å². The number of thioether (sulfide) groups is 1. The third-order valence-corrected chi connectivity index (χ3v) is 20.7. The van der Waals surface area contributed by atoms with Crippen LogP contribution in [-0.4, -0.2) is 139 Å². The van der Waals surface area contributed by atoms with E-state index >= 15 is 0 Å². The molecular formula is C104H125N5O22S. The number of hydrogen-bond donors (Lipinski definition) is 12. The van der Waals surface area contributed by atoms with Crippen molar-refractivity contribution in [1.82, 2.24) is 16.0 Å². The molecule has 4 fully saturated rings. The fraction of sp³-hybridized carbons (Fsp3) is 0.327. The molecule has 15 rings (SSSR count). The maximum absolute atomic E-state index is 11.3. The van der Waals surface area contributed by atoms with Crippen molar-refractivity contribution in [2.75, 3.05) is 55.6 Å². The molecule has 4 saturated heterocycles. The number of anilines is 2. The lowest BCUT2D eigenvalue weighted by atomic mass is 10.0. The van der Waals surface area contributed by atoms with Crippen LogP contribution in [0.2, 0.25) is 0 Å². The highest BCUT2D eigenvalue weighted by Gasteiger charge is 2.42. The van der Waals surface area contributed by atoms with Gasteiger partial charge in [-0.15, -0.1) is 0 Å². The molecule has 4 amide bonds. The summed E-state index contributed by atoms with van der Waals surface area (Å²) in [4.78, 5) is 46.4. The molecule has 0 radical (unpaired) electrons. The predicted octanol–water partition coefficient (Wildman–Crippen LogP) is 21.1. The molecule has 704 valence electrons. The Balaban J connectivity index is 0.000000188. The topological polar surface area (TPSA) is 374 Å². The second-order valence-corrected chi connectivity index (χ2v) is 33.6. The fourth-order valence-corrected chi connectivity index (χ4v) is 14.4. The number of ether oxygens (including phenoxy) is 10. The van der Waals surface area contributed by atoms with Gasteiger partial charge in [0.2, 0.25) is 0 Å². The molecule has 3 atom stereocenters. The number of fused-ring (bicyclic) bond motifs is 1. The van der Waals surface area contributed by atoms with Gasteiger partial charge in [0.15, 0.2) is 25.2 Å². The van der Waals surface area contributed by atoms with Crippen LogP contribution in [-0.2, 0) is 85.0 Å². The molecule has 132 heavy (non-hydrogen) atoms. The molecule has 0 spiro atoms. The summed E-state index contributed by atoms with van der Waals surface area (Å²) in [6, 6.07) is 89.0. The number of carboxylic acids is 1. The number of alkyl carbamates (subject to hydrolysis) is 1.